The van der Waals surface area contributed by atoms with E-state index in [1.165, 1.54) is 4.90 Å². The van der Waals surface area contributed by atoms with Gasteiger partial charge < -0.3 is 10.1 Å². The molecule has 5 nitrogen and oxygen atoms in total. The van der Waals surface area contributed by atoms with Gasteiger partial charge in [0, 0.05) is 5.02 Å². The monoisotopic (exact) mass is 446 g/mol. The van der Waals surface area contributed by atoms with Crippen molar-refractivity contribution in [3.8, 4) is 5.75 Å². The number of ether oxygens (including phenoxy) is 1. The number of amides is 2. The van der Waals surface area contributed by atoms with Crippen LogP contribution >= 0.6 is 11.6 Å². The maximum absolute atomic E-state index is 13.5. The Morgan fingerprint density at radius 2 is 1.66 bits per heavy atom. The van der Waals surface area contributed by atoms with E-state index in [0.717, 1.165) is 22.3 Å². The second-order valence-electron chi connectivity index (χ2n) is 7.72. The molecule has 0 aliphatic carbocycles. The lowest BCUT2D eigenvalue weighted by atomic mass is 9.97. The maximum atomic E-state index is 13.5. The molecule has 3 aromatic rings. The number of hydrogen-bond acceptors (Lipinski definition) is 4. The fourth-order valence-corrected chi connectivity index (χ4v) is 3.96. The Morgan fingerprint density at radius 1 is 0.938 bits per heavy atom. The molecule has 4 rings (SSSR count). The van der Waals surface area contributed by atoms with Crippen LogP contribution in [0.2, 0.25) is 5.02 Å². The SMILES string of the molecule is COc1ccccc1NC1=C(c2ccc(C)cc2C)C(=O)N(Cc2ccc(Cl)cc2)C1=O. The van der Waals surface area contributed by atoms with Gasteiger partial charge in [-0.25, -0.2) is 0 Å². The van der Waals surface area contributed by atoms with Crippen LogP contribution in [0.15, 0.2) is 72.4 Å². The number of aryl methyl sites for hydroxylation is 2. The van der Waals surface area contributed by atoms with Gasteiger partial charge in [0.05, 0.1) is 24.9 Å². The average Bonchev–Trinajstić information content (AvgIpc) is 3.00. The quantitative estimate of drug-likeness (QED) is 0.518. The minimum atomic E-state index is -0.383. The van der Waals surface area contributed by atoms with E-state index in [1.807, 2.05) is 62.4 Å². The molecule has 32 heavy (non-hydrogen) atoms. The Kier molecular flexibility index (Phi) is 6.01. The normalized spacial score (nSPS) is 13.7. The van der Waals surface area contributed by atoms with Crippen LogP contribution in [0.4, 0.5) is 5.69 Å². The Labute approximate surface area is 192 Å². The fraction of sp³-hybridized carbons (Fsp3) is 0.154. The van der Waals surface area contributed by atoms with Gasteiger partial charge in [-0.15, -0.1) is 0 Å². The van der Waals surface area contributed by atoms with Gasteiger partial charge in [0.2, 0.25) is 0 Å². The van der Waals surface area contributed by atoms with E-state index >= 15 is 0 Å². The summed E-state index contributed by atoms with van der Waals surface area (Å²) in [5.41, 5.74) is 4.75. The molecular formula is C26H23ClN2O3. The second-order valence-corrected chi connectivity index (χ2v) is 8.15. The highest BCUT2D eigenvalue weighted by atomic mass is 35.5. The van der Waals surface area contributed by atoms with Gasteiger partial charge in [0.1, 0.15) is 11.4 Å². The Morgan fingerprint density at radius 3 is 2.34 bits per heavy atom. The highest BCUT2D eigenvalue weighted by Crippen LogP contribution is 2.35. The number of imide groups is 1. The number of hydrogen-bond donors (Lipinski definition) is 1. The molecule has 0 saturated heterocycles. The minimum Gasteiger partial charge on any atom is -0.495 e. The number of benzene rings is 3. The number of para-hydroxylation sites is 2. The first-order valence-electron chi connectivity index (χ1n) is 10.2. The Hall–Kier alpha value is -3.57. The van der Waals surface area contributed by atoms with E-state index in [1.54, 1.807) is 25.3 Å². The molecule has 2 amide bonds. The topological polar surface area (TPSA) is 58.6 Å². The van der Waals surface area contributed by atoms with Crippen molar-refractivity contribution in [3.63, 3.8) is 0 Å². The van der Waals surface area contributed by atoms with Gasteiger partial charge in [-0.2, -0.15) is 0 Å². The van der Waals surface area contributed by atoms with Crippen molar-refractivity contribution >= 4 is 34.7 Å². The number of carbonyl (C=O) groups excluding carboxylic acids is 2. The summed E-state index contributed by atoms with van der Waals surface area (Å²) in [7, 11) is 1.56. The van der Waals surface area contributed by atoms with Crippen molar-refractivity contribution in [2.75, 3.05) is 12.4 Å². The molecule has 1 heterocycles. The lowest BCUT2D eigenvalue weighted by molar-refractivity contribution is -0.137. The molecule has 0 bridgehead atoms. The van der Waals surface area contributed by atoms with Crippen molar-refractivity contribution in [1.29, 1.82) is 0 Å². The lowest BCUT2D eigenvalue weighted by Crippen LogP contribution is -2.32. The van der Waals surface area contributed by atoms with Crippen LogP contribution in [0.3, 0.4) is 0 Å². The summed E-state index contributed by atoms with van der Waals surface area (Å²) in [4.78, 5) is 28.3. The summed E-state index contributed by atoms with van der Waals surface area (Å²) in [5.74, 6) is -0.142. The summed E-state index contributed by atoms with van der Waals surface area (Å²) in [6.07, 6.45) is 0. The highest BCUT2D eigenvalue weighted by Gasteiger charge is 2.40. The number of nitrogens with one attached hydrogen (secondary N) is 1. The largest absolute Gasteiger partial charge is 0.495 e. The summed E-state index contributed by atoms with van der Waals surface area (Å²) in [6, 6.07) is 20.2. The maximum Gasteiger partial charge on any atom is 0.278 e. The summed E-state index contributed by atoms with van der Waals surface area (Å²) in [6.45, 7) is 4.09. The molecule has 0 radical (unpaired) electrons. The first-order valence-corrected chi connectivity index (χ1v) is 10.6. The molecule has 1 N–H and O–H groups in total. The van der Waals surface area contributed by atoms with Crippen molar-refractivity contribution in [2.24, 2.45) is 0 Å². The molecule has 162 valence electrons. The standard InChI is InChI=1S/C26H23ClN2O3/c1-16-8-13-20(17(2)14-16)23-24(28-21-6-4-5-7-22(21)32-3)26(31)29(25(23)30)15-18-9-11-19(27)12-10-18/h4-14,28H,15H2,1-3H3. The van der Waals surface area contributed by atoms with E-state index in [2.05, 4.69) is 5.32 Å². The molecule has 0 fully saturated rings. The van der Waals surface area contributed by atoms with Crippen LogP contribution in [0.1, 0.15) is 22.3 Å². The zero-order chi connectivity index (χ0) is 22.8. The first-order chi connectivity index (χ1) is 15.4. The van der Waals surface area contributed by atoms with Gasteiger partial charge in [-0.3, -0.25) is 14.5 Å². The second kappa shape index (κ2) is 8.89. The number of anilines is 1. The number of rotatable bonds is 6. The first kappa shape index (κ1) is 21.7. The average molecular weight is 447 g/mol. The van der Waals surface area contributed by atoms with Gasteiger partial charge in [0.25, 0.3) is 11.8 Å². The number of carbonyl (C=O) groups is 2. The predicted octanol–water partition coefficient (Wildman–Crippen LogP) is 5.36. The highest BCUT2D eigenvalue weighted by molar-refractivity contribution is 6.36. The Balaban J connectivity index is 1.79. The van der Waals surface area contributed by atoms with Gasteiger partial charge >= 0.3 is 0 Å². The summed E-state index contributed by atoms with van der Waals surface area (Å²) in [5, 5.41) is 3.77. The van der Waals surface area contributed by atoms with Gasteiger partial charge in [0.15, 0.2) is 0 Å². The van der Waals surface area contributed by atoms with E-state index in [0.29, 0.717) is 22.0 Å². The van der Waals surface area contributed by atoms with E-state index in [-0.39, 0.29) is 24.1 Å². The van der Waals surface area contributed by atoms with E-state index < -0.39 is 0 Å². The fourth-order valence-electron chi connectivity index (χ4n) is 3.83. The molecule has 0 aromatic heterocycles. The molecule has 0 spiro atoms. The predicted molar refractivity (Wildman–Crippen MR) is 126 cm³/mol. The zero-order valence-corrected chi connectivity index (χ0v) is 18.9. The zero-order valence-electron chi connectivity index (χ0n) is 18.1. The van der Waals surface area contributed by atoms with Gasteiger partial charge in [-0.05, 0) is 54.8 Å². The third-order valence-electron chi connectivity index (χ3n) is 5.44. The van der Waals surface area contributed by atoms with Gasteiger partial charge in [-0.1, -0.05) is 59.6 Å². The number of methoxy groups -OCH3 is 1. The van der Waals surface area contributed by atoms with E-state index in [4.69, 9.17) is 16.3 Å². The molecule has 0 unspecified atom stereocenters. The van der Waals surface area contributed by atoms with Crippen molar-refractivity contribution in [1.82, 2.24) is 4.90 Å². The molecule has 3 aromatic carbocycles. The van der Waals surface area contributed by atoms with Crippen molar-refractivity contribution < 1.29 is 14.3 Å². The summed E-state index contributed by atoms with van der Waals surface area (Å²) < 4.78 is 5.42. The molecule has 1 aliphatic rings. The van der Waals surface area contributed by atoms with Crippen LogP contribution in [0.25, 0.3) is 5.57 Å². The van der Waals surface area contributed by atoms with Crippen molar-refractivity contribution in [3.05, 3.63) is 99.7 Å². The summed E-state index contributed by atoms with van der Waals surface area (Å²) >= 11 is 5.98. The number of halogens is 1. The molecule has 1 aliphatic heterocycles. The van der Waals surface area contributed by atoms with Crippen LogP contribution in [0.5, 0.6) is 5.75 Å². The lowest BCUT2D eigenvalue weighted by Gasteiger charge is -2.16. The van der Waals surface area contributed by atoms with Crippen LogP contribution in [-0.4, -0.2) is 23.8 Å². The molecule has 0 atom stereocenters. The Bertz CT molecular complexity index is 1230. The third-order valence-corrected chi connectivity index (χ3v) is 5.69. The van der Waals surface area contributed by atoms with E-state index in [9.17, 15) is 9.59 Å². The third kappa shape index (κ3) is 4.12. The molecule has 0 saturated carbocycles. The molecular weight excluding hydrogens is 424 g/mol. The van der Waals surface area contributed by atoms with Crippen LogP contribution in [0, 0.1) is 13.8 Å². The van der Waals surface area contributed by atoms with Crippen LogP contribution < -0.4 is 10.1 Å². The smallest absolute Gasteiger partial charge is 0.278 e. The number of nitrogens with zero attached hydrogens (tertiary/aromatic N) is 1. The molecule has 6 heteroatoms. The van der Waals surface area contributed by atoms with Crippen LogP contribution in [-0.2, 0) is 16.1 Å². The minimum absolute atomic E-state index is 0.153. The van der Waals surface area contributed by atoms with Crippen molar-refractivity contribution in [2.45, 2.75) is 20.4 Å².